The van der Waals surface area contributed by atoms with Crippen molar-refractivity contribution in [2.75, 3.05) is 0 Å². The van der Waals surface area contributed by atoms with Crippen LogP contribution in [0.2, 0.25) is 0 Å². The minimum atomic E-state index is -4.46. The number of rotatable bonds is 3. The van der Waals surface area contributed by atoms with Gasteiger partial charge in [0.1, 0.15) is 5.75 Å². The van der Waals surface area contributed by atoms with Gasteiger partial charge in [0.15, 0.2) is 0 Å². The van der Waals surface area contributed by atoms with E-state index in [0.717, 1.165) is 12.1 Å². The first-order valence-corrected chi connectivity index (χ1v) is 6.30. The molecule has 112 valence electrons. The molecule has 0 aliphatic carbocycles. The third-order valence-electron chi connectivity index (χ3n) is 2.69. The molecule has 1 amide bonds. The van der Waals surface area contributed by atoms with Crippen LogP contribution in [-0.2, 0) is 6.18 Å². The average Bonchev–Trinajstić information content (AvgIpc) is 2.26. The van der Waals surface area contributed by atoms with Crippen LogP contribution in [0.25, 0.3) is 0 Å². The van der Waals surface area contributed by atoms with Crippen molar-refractivity contribution in [2.24, 2.45) is 0 Å². The number of alkyl halides is 3. The van der Waals surface area contributed by atoms with E-state index in [-0.39, 0.29) is 17.8 Å². The largest absolute Gasteiger partial charge is 0.416 e. The number of hydrogen-bond acceptors (Lipinski definition) is 2. The molecule has 0 N–H and O–H groups in total. The smallest absolute Gasteiger partial charge is 0.410 e. The topological polar surface area (TPSA) is 29.5 Å². The standard InChI is InChI=1S/C14H18F3NO2/c1-9(2)18(10(3)4)13(19)20-12-7-5-6-11(8-12)14(15,16)17/h5-10H,1-4H3. The predicted octanol–water partition coefficient (Wildman–Crippen LogP) is 4.32. The van der Waals surface area contributed by atoms with E-state index in [1.54, 1.807) is 0 Å². The maximum Gasteiger partial charge on any atom is 0.416 e. The molecule has 6 heteroatoms. The first kappa shape index (κ1) is 16.3. The number of nitrogens with zero attached hydrogens (tertiary/aromatic N) is 1. The van der Waals surface area contributed by atoms with Gasteiger partial charge in [0.25, 0.3) is 0 Å². The third kappa shape index (κ3) is 4.15. The van der Waals surface area contributed by atoms with Crippen molar-refractivity contribution in [3.05, 3.63) is 29.8 Å². The fraction of sp³-hybridized carbons (Fsp3) is 0.500. The van der Waals surface area contributed by atoms with Crippen LogP contribution in [0.1, 0.15) is 33.3 Å². The first-order valence-electron chi connectivity index (χ1n) is 6.30. The lowest BCUT2D eigenvalue weighted by molar-refractivity contribution is -0.137. The molecule has 0 radical (unpaired) electrons. The lowest BCUT2D eigenvalue weighted by Crippen LogP contribution is -2.43. The van der Waals surface area contributed by atoms with E-state index in [2.05, 4.69) is 0 Å². The maximum atomic E-state index is 12.6. The second-order valence-corrected chi connectivity index (χ2v) is 4.99. The fourth-order valence-electron chi connectivity index (χ4n) is 1.91. The molecule has 0 saturated heterocycles. The van der Waals surface area contributed by atoms with E-state index in [1.807, 2.05) is 27.7 Å². The lowest BCUT2D eigenvalue weighted by Gasteiger charge is -2.29. The summed E-state index contributed by atoms with van der Waals surface area (Å²) in [6.07, 6.45) is -5.12. The van der Waals surface area contributed by atoms with Gasteiger partial charge in [-0.3, -0.25) is 0 Å². The zero-order valence-electron chi connectivity index (χ0n) is 11.9. The molecule has 20 heavy (non-hydrogen) atoms. The van der Waals surface area contributed by atoms with Gasteiger partial charge in [-0.15, -0.1) is 0 Å². The summed E-state index contributed by atoms with van der Waals surface area (Å²) in [6, 6.07) is 4.07. The van der Waals surface area contributed by atoms with Crippen molar-refractivity contribution < 1.29 is 22.7 Å². The van der Waals surface area contributed by atoms with Gasteiger partial charge in [-0.1, -0.05) is 6.07 Å². The summed E-state index contributed by atoms with van der Waals surface area (Å²) in [4.78, 5) is 13.4. The number of carbonyl (C=O) groups is 1. The molecule has 0 bridgehead atoms. The zero-order chi connectivity index (χ0) is 15.5. The highest BCUT2D eigenvalue weighted by molar-refractivity contribution is 5.71. The summed E-state index contributed by atoms with van der Waals surface area (Å²) in [5.41, 5.74) is -0.844. The summed E-state index contributed by atoms with van der Waals surface area (Å²) in [6.45, 7) is 7.25. The molecule has 0 spiro atoms. The molecule has 0 aliphatic rings. The van der Waals surface area contributed by atoms with Crippen LogP contribution in [-0.4, -0.2) is 23.1 Å². The van der Waals surface area contributed by atoms with Crippen LogP contribution in [0.3, 0.4) is 0 Å². The third-order valence-corrected chi connectivity index (χ3v) is 2.69. The number of amides is 1. The van der Waals surface area contributed by atoms with Crippen molar-refractivity contribution in [3.8, 4) is 5.75 Å². The zero-order valence-corrected chi connectivity index (χ0v) is 11.9. The maximum absolute atomic E-state index is 12.6. The monoisotopic (exact) mass is 289 g/mol. The van der Waals surface area contributed by atoms with Gasteiger partial charge in [-0.25, -0.2) is 4.79 Å². The number of halogens is 3. The Morgan fingerprint density at radius 2 is 1.70 bits per heavy atom. The quantitative estimate of drug-likeness (QED) is 0.829. The van der Waals surface area contributed by atoms with Crippen LogP contribution in [0.15, 0.2) is 24.3 Å². The van der Waals surface area contributed by atoms with Gasteiger partial charge in [0.05, 0.1) is 5.56 Å². The van der Waals surface area contributed by atoms with Crippen molar-refractivity contribution >= 4 is 6.09 Å². The Morgan fingerprint density at radius 3 is 2.15 bits per heavy atom. The predicted molar refractivity (Wildman–Crippen MR) is 69.6 cm³/mol. The van der Waals surface area contributed by atoms with Gasteiger partial charge in [0, 0.05) is 12.1 Å². The first-order chi connectivity index (χ1) is 9.12. The molecule has 1 aromatic carbocycles. The molecule has 0 fully saturated rings. The minimum absolute atomic E-state index is 0.103. The Balaban J connectivity index is 2.91. The average molecular weight is 289 g/mol. The minimum Gasteiger partial charge on any atom is -0.410 e. The van der Waals surface area contributed by atoms with E-state index >= 15 is 0 Å². The van der Waals surface area contributed by atoms with E-state index in [0.29, 0.717) is 0 Å². The van der Waals surface area contributed by atoms with Crippen LogP contribution in [0, 0.1) is 0 Å². The van der Waals surface area contributed by atoms with Crippen LogP contribution in [0.5, 0.6) is 5.75 Å². The second kappa shape index (κ2) is 6.15. The van der Waals surface area contributed by atoms with Crippen LogP contribution >= 0.6 is 0 Å². The Kier molecular flexibility index (Phi) is 5.03. The van der Waals surface area contributed by atoms with E-state index < -0.39 is 17.8 Å². The number of carbonyl (C=O) groups excluding carboxylic acids is 1. The summed E-state index contributed by atoms with van der Waals surface area (Å²) < 4.78 is 42.7. The van der Waals surface area contributed by atoms with Gasteiger partial charge in [-0.2, -0.15) is 13.2 Å². The molecule has 1 aromatic rings. The highest BCUT2D eigenvalue weighted by atomic mass is 19.4. The molecular weight excluding hydrogens is 271 g/mol. The fourth-order valence-corrected chi connectivity index (χ4v) is 1.91. The summed E-state index contributed by atoms with van der Waals surface area (Å²) >= 11 is 0. The van der Waals surface area contributed by atoms with Crippen molar-refractivity contribution in [2.45, 2.75) is 46.0 Å². The van der Waals surface area contributed by atoms with Gasteiger partial charge >= 0.3 is 12.3 Å². The highest BCUT2D eigenvalue weighted by Crippen LogP contribution is 2.31. The Morgan fingerprint density at radius 1 is 1.15 bits per heavy atom. The molecule has 0 heterocycles. The highest BCUT2D eigenvalue weighted by Gasteiger charge is 2.31. The molecule has 0 atom stereocenters. The number of hydrogen-bond donors (Lipinski definition) is 0. The van der Waals surface area contributed by atoms with E-state index in [1.165, 1.54) is 17.0 Å². The van der Waals surface area contributed by atoms with Gasteiger partial charge in [-0.05, 0) is 45.9 Å². The van der Waals surface area contributed by atoms with Gasteiger partial charge < -0.3 is 9.64 Å². The Bertz CT molecular complexity index is 462. The lowest BCUT2D eigenvalue weighted by atomic mass is 10.2. The van der Waals surface area contributed by atoms with Crippen molar-refractivity contribution in [1.82, 2.24) is 4.90 Å². The summed E-state index contributed by atoms with van der Waals surface area (Å²) in [7, 11) is 0. The molecule has 1 rings (SSSR count). The van der Waals surface area contributed by atoms with E-state index in [9.17, 15) is 18.0 Å². The summed E-state index contributed by atoms with van der Waals surface area (Å²) in [5.74, 6) is -0.115. The van der Waals surface area contributed by atoms with E-state index in [4.69, 9.17) is 4.74 Å². The molecule has 0 saturated carbocycles. The van der Waals surface area contributed by atoms with Gasteiger partial charge in [0.2, 0.25) is 0 Å². The van der Waals surface area contributed by atoms with Crippen molar-refractivity contribution in [3.63, 3.8) is 0 Å². The SMILES string of the molecule is CC(C)N(C(=O)Oc1cccc(C(F)(F)F)c1)C(C)C. The molecule has 0 unspecified atom stereocenters. The molecular formula is C14H18F3NO2. The Hall–Kier alpha value is -1.72. The molecule has 0 aromatic heterocycles. The van der Waals surface area contributed by atoms with Crippen molar-refractivity contribution in [1.29, 1.82) is 0 Å². The van der Waals surface area contributed by atoms with Crippen LogP contribution in [0.4, 0.5) is 18.0 Å². The normalized spacial score (nSPS) is 11.8. The second-order valence-electron chi connectivity index (χ2n) is 4.99. The van der Waals surface area contributed by atoms with Crippen LogP contribution < -0.4 is 4.74 Å². The number of ether oxygens (including phenoxy) is 1. The summed E-state index contributed by atoms with van der Waals surface area (Å²) in [5, 5.41) is 0. The molecule has 0 aliphatic heterocycles. The Labute approximate surface area is 116 Å². The molecule has 3 nitrogen and oxygen atoms in total. The number of benzene rings is 1.